The molecular formula is C10H12N6O4. The molecule has 10 heteroatoms. The molecule has 0 spiro atoms. The summed E-state index contributed by atoms with van der Waals surface area (Å²) in [6.07, 6.45) is -1.87. The first-order chi connectivity index (χ1) is 9.73. The summed E-state index contributed by atoms with van der Waals surface area (Å²) in [5, 5.41) is 16.0. The second-order valence-electron chi connectivity index (χ2n) is 3.73. The Hall–Kier alpha value is -2.78. The number of hydrogen-bond donors (Lipinski definition) is 2. The third kappa shape index (κ3) is 4.84. The number of nitrogens with one attached hydrogen (secondary N) is 2. The zero-order valence-electron chi connectivity index (χ0n) is 10.3. The number of rotatable bonds is 10. The van der Waals surface area contributed by atoms with E-state index in [9.17, 15) is 19.6 Å². The molecule has 1 aromatic carbocycles. The monoisotopic (exact) mass is 280 g/mol. The number of nitrogens with zero attached hydrogens (tertiary/aromatic N) is 4. The van der Waals surface area contributed by atoms with Crippen LogP contribution in [-0.2, 0) is 0 Å². The van der Waals surface area contributed by atoms with E-state index < -0.39 is 12.3 Å². The molecule has 106 valence electrons. The molecule has 10 nitrogen and oxygen atoms in total. The average molecular weight is 280 g/mol. The summed E-state index contributed by atoms with van der Waals surface area (Å²) in [4.78, 5) is 40.9. The first kappa shape index (κ1) is 15.3. The summed E-state index contributed by atoms with van der Waals surface area (Å²) in [6.45, 7) is -0.544. The van der Waals surface area contributed by atoms with Gasteiger partial charge < -0.3 is 10.6 Å². The van der Waals surface area contributed by atoms with Gasteiger partial charge in [0.15, 0.2) is 12.3 Å². The zero-order valence-corrected chi connectivity index (χ0v) is 10.3. The Morgan fingerprint density at radius 1 is 0.750 bits per heavy atom. The van der Waals surface area contributed by atoms with Crippen LogP contribution in [0.5, 0.6) is 0 Å². The van der Waals surface area contributed by atoms with Gasteiger partial charge in [-0.15, -0.1) is 9.81 Å². The molecule has 0 heterocycles. The lowest BCUT2D eigenvalue weighted by molar-refractivity contribution is 0.758. The first-order valence-electron chi connectivity index (χ1n) is 5.59. The predicted molar refractivity (Wildman–Crippen MR) is 74.2 cm³/mol. The van der Waals surface area contributed by atoms with Crippen LogP contribution in [0.1, 0.15) is 0 Å². The van der Waals surface area contributed by atoms with Crippen molar-refractivity contribution >= 4 is 11.4 Å². The SMILES string of the molecule is O=NCC(N=O)Nc1ccc(NC(CN=O)N=O)cc1. The van der Waals surface area contributed by atoms with Crippen molar-refractivity contribution in [1.29, 1.82) is 0 Å². The fraction of sp³-hybridized carbons (Fsp3) is 0.400. The van der Waals surface area contributed by atoms with Crippen LogP contribution in [0.3, 0.4) is 0 Å². The van der Waals surface area contributed by atoms with Crippen molar-refractivity contribution < 1.29 is 0 Å². The number of nitroso groups, excluding NO2 is 4. The second-order valence-corrected chi connectivity index (χ2v) is 3.73. The Balaban J connectivity index is 2.63. The normalized spacial score (nSPS) is 12.8. The van der Waals surface area contributed by atoms with Crippen LogP contribution in [0, 0.1) is 19.6 Å². The van der Waals surface area contributed by atoms with Crippen LogP contribution in [0.4, 0.5) is 11.4 Å². The molecule has 0 aliphatic carbocycles. The van der Waals surface area contributed by atoms with E-state index in [1.165, 1.54) is 0 Å². The number of hydrogen-bond acceptors (Lipinski definition) is 10. The molecule has 20 heavy (non-hydrogen) atoms. The highest BCUT2D eigenvalue weighted by Gasteiger charge is 2.10. The quantitative estimate of drug-likeness (QED) is 0.629. The highest BCUT2D eigenvalue weighted by molar-refractivity contribution is 5.54. The summed E-state index contributed by atoms with van der Waals surface area (Å²) in [6, 6.07) is 6.39. The zero-order chi connectivity index (χ0) is 14.8. The van der Waals surface area contributed by atoms with Gasteiger partial charge in [0.1, 0.15) is 13.1 Å². The molecule has 0 bridgehead atoms. The molecule has 2 atom stereocenters. The lowest BCUT2D eigenvalue weighted by Gasteiger charge is -2.12. The smallest absolute Gasteiger partial charge is 0.184 e. The van der Waals surface area contributed by atoms with Gasteiger partial charge in [0.05, 0.1) is 0 Å². The van der Waals surface area contributed by atoms with E-state index in [0.717, 1.165) is 0 Å². The van der Waals surface area contributed by atoms with Crippen molar-refractivity contribution in [3.63, 3.8) is 0 Å². The average Bonchev–Trinajstić information content (AvgIpc) is 2.48. The van der Waals surface area contributed by atoms with Crippen LogP contribution in [0.2, 0.25) is 0 Å². The van der Waals surface area contributed by atoms with Gasteiger partial charge >= 0.3 is 0 Å². The minimum Gasteiger partial charge on any atom is -0.359 e. The van der Waals surface area contributed by atoms with Gasteiger partial charge in [-0.3, -0.25) is 0 Å². The van der Waals surface area contributed by atoms with Crippen LogP contribution in [0.15, 0.2) is 45.0 Å². The minimum absolute atomic E-state index is 0.272. The molecule has 0 amide bonds. The van der Waals surface area contributed by atoms with E-state index >= 15 is 0 Å². The van der Waals surface area contributed by atoms with Gasteiger partial charge in [0.2, 0.25) is 0 Å². The van der Waals surface area contributed by atoms with E-state index in [1.807, 2.05) is 0 Å². The molecule has 1 aromatic rings. The van der Waals surface area contributed by atoms with Gasteiger partial charge in [-0.05, 0) is 34.6 Å². The Kier molecular flexibility index (Phi) is 6.37. The molecule has 0 aliphatic heterocycles. The molecule has 2 unspecified atom stereocenters. The number of benzene rings is 1. The van der Waals surface area contributed by atoms with Crippen LogP contribution in [-0.4, -0.2) is 25.4 Å². The molecule has 0 radical (unpaired) electrons. The summed E-state index contributed by atoms with van der Waals surface area (Å²) in [5.41, 5.74) is 1.10. The maximum absolute atomic E-state index is 10.4. The predicted octanol–water partition coefficient (Wildman–Crippen LogP) is 2.23. The third-order valence-corrected chi connectivity index (χ3v) is 2.30. The second kappa shape index (κ2) is 8.34. The van der Waals surface area contributed by atoms with Gasteiger partial charge in [-0.2, -0.15) is 9.81 Å². The standard InChI is InChI=1S/C10H12N6O4/c17-11-5-9(15-19)13-7-1-2-8(4-3-7)14-10(16-20)6-12-18/h1-4,9-10,13-14H,5-6H2. The maximum Gasteiger partial charge on any atom is 0.184 e. The Labute approximate surface area is 113 Å². The van der Waals surface area contributed by atoms with E-state index in [2.05, 4.69) is 31.3 Å². The summed E-state index contributed by atoms with van der Waals surface area (Å²) in [5.74, 6) is 0. The highest BCUT2D eigenvalue weighted by Crippen LogP contribution is 2.16. The lowest BCUT2D eigenvalue weighted by Crippen LogP contribution is -2.20. The van der Waals surface area contributed by atoms with Gasteiger partial charge in [-0.1, -0.05) is 10.4 Å². The van der Waals surface area contributed by atoms with Crippen molar-refractivity contribution in [2.45, 2.75) is 12.3 Å². The number of anilines is 2. The first-order valence-corrected chi connectivity index (χ1v) is 5.59. The fourth-order valence-corrected chi connectivity index (χ4v) is 1.40. The summed E-state index contributed by atoms with van der Waals surface area (Å²) in [7, 11) is 0. The van der Waals surface area contributed by atoms with E-state index in [-0.39, 0.29) is 13.1 Å². The van der Waals surface area contributed by atoms with Gasteiger partial charge in [0.25, 0.3) is 0 Å². The van der Waals surface area contributed by atoms with Crippen LogP contribution in [0.25, 0.3) is 0 Å². The Bertz CT molecular complexity index is 422. The topological polar surface area (TPSA) is 142 Å². The van der Waals surface area contributed by atoms with Crippen molar-refractivity contribution in [1.82, 2.24) is 0 Å². The lowest BCUT2D eigenvalue weighted by atomic mass is 10.2. The van der Waals surface area contributed by atoms with Crippen molar-refractivity contribution in [3.05, 3.63) is 43.9 Å². The van der Waals surface area contributed by atoms with Crippen LogP contribution < -0.4 is 10.6 Å². The van der Waals surface area contributed by atoms with Gasteiger partial charge in [-0.25, -0.2) is 0 Å². The fourth-order valence-electron chi connectivity index (χ4n) is 1.40. The van der Waals surface area contributed by atoms with Gasteiger partial charge in [0, 0.05) is 11.4 Å². The van der Waals surface area contributed by atoms with E-state index in [1.54, 1.807) is 24.3 Å². The van der Waals surface area contributed by atoms with Crippen molar-refractivity contribution in [2.75, 3.05) is 23.7 Å². The third-order valence-electron chi connectivity index (χ3n) is 2.30. The molecule has 0 fully saturated rings. The molecule has 0 aromatic heterocycles. The molecular weight excluding hydrogens is 268 g/mol. The maximum atomic E-state index is 10.4. The Morgan fingerprint density at radius 2 is 1.10 bits per heavy atom. The Morgan fingerprint density at radius 3 is 1.35 bits per heavy atom. The van der Waals surface area contributed by atoms with E-state index in [0.29, 0.717) is 11.4 Å². The molecule has 0 saturated carbocycles. The molecule has 2 N–H and O–H groups in total. The summed E-state index contributed by atoms with van der Waals surface area (Å²) < 4.78 is 0. The summed E-state index contributed by atoms with van der Waals surface area (Å²) >= 11 is 0. The molecule has 0 aliphatic rings. The van der Waals surface area contributed by atoms with E-state index in [4.69, 9.17) is 0 Å². The minimum atomic E-state index is -0.935. The largest absolute Gasteiger partial charge is 0.359 e. The van der Waals surface area contributed by atoms with Crippen molar-refractivity contribution in [2.24, 2.45) is 20.7 Å². The highest BCUT2D eigenvalue weighted by atomic mass is 16.3. The molecule has 1 rings (SSSR count). The molecule has 0 saturated heterocycles. The van der Waals surface area contributed by atoms with Crippen LogP contribution >= 0.6 is 0 Å². The van der Waals surface area contributed by atoms with Crippen molar-refractivity contribution in [3.8, 4) is 0 Å².